The number of amides is 1. The van der Waals surface area contributed by atoms with E-state index >= 15 is 0 Å². The van der Waals surface area contributed by atoms with Crippen LogP contribution < -0.4 is 10.5 Å². The summed E-state index contributed by atoms with van der Waals surface area (Å²) in [5.74, 6) is 0.868. The lowest BCUT2D eigenvalue weighted by atomic mass is 10.0. The average Bonchev–Trinajstić information content (AvgIpc) is 2.34. The number of likely N-dealkylation sites (N-methyl/N-ethyl adjacent to an activating group) is 1. The molecule has 4 nitrogen and oxygen atoms in total. The summed E-state index contributed by atoms with van der Waals surface area (Å²) in [7, 11) is 3.44. The molecule has 1 aromatic carbocycles. The maximum Gasteiger partial charge on any atom is 0.236 e. The number of rotatable bonds is 5. The predicted molar refractivity (Wildman–Crippen MR) is 72.9 cm³/mol. The van der Waals surface area contributed by atoms with Crippen LogP contribution in [0.5, 0.6) is 5.75 Å². The number of methoxy groups -OCH3 is 1. The minimum Gasteiger partial charge on any atom is -0.496 e. The van der Waals surface area contributed by atoms with Gasteiger partial charge in [-0.2, -0.15) is 0 Å². The zero-order valence-corrected chi connectivity index (χ0v) is 11.6. The Morgan fingerprint density at radius 1 is 1.39 bits per heavy atom. The van der Waals surface area contributed by atoms with Gasteiger partial charge in [0.1, 0.15) is 5.75 Å². The molecule has 0 heterocycles. The maximum absolute atomic E-state index is 11.4. The first-order valence-electron chi connectivity index (χ1n) is 6.07. The summed E-state index contributed by atoms with van der Waals surface area (Å²) in [5.41, 5.74) is 8.79. The van der Waals surface area contributed by atoms with E-state index in [1.807, 2.05) is 6.92 Å². The summed E-state index contributed by atoms with van der Waals surface area (Å²) in [6.45, 7) is 4.80. The van der Waals surface area contributed by atoms with E-state index in [9.17, 15) is 4.79 Å². The van der Waals surface area contributed by atoms with Crippen molar-refractivity contribution in [2.75, 3.05) is 27.2 Å². The van der Waals surface area contributed by atoms with Crippen molar-refractivity contribution < 1.29 is 9.53 Å². The summed E-state index contributed by atoms with van der Waals surface area (Å²) in [6.07, 6.45) is 0.772. The fourth-order valence-corrected chi connectivity index (χ4v) is 2.09. The molecule has 100 valence electrons. The van der Waals surface area contributed by atoms with Crippen molar-refractivity contribution in [3.05, 3.63) is 28.8 Å². The van der Waals surface area contributed by atoms with Crippen molar-refractivity contribution >= 4 is 5.91 Å². The van der Waals surface area contributed by atoms with Crippen molar-refractivity contribution in [1.29, 1.82) is 0 Å². The zero-order valence-electron chi connectivity index (χ0n) is 11.6. The van der Waals surface area contributed by atoms with Crippen molar-refractivity contribution in [3.63, 3.8) is 0 Å². The van der Waals surface area contributed by atoms with Gasteiger partial charge in [0, 0.05) is 13.6 Å². The van der Waals surface area contributed by atoms with Crippen LogP contribution in [0.4, 0.5) is 0 Å². The van der Waals surface area contributed by atoms with Gasteiger partial charge in [-0.15, -0.1) is 0 Å². The number of ether oxygens (including phenoxy) is 1. The fourth-order valence-electron chi connectivity index (χ4n) is 2.09. The smallest absolute Gasteiger partial charge is 0.236 e. The van der Waals surface area contributed by atoms with Gasteiger partial charge in [0.15, 0.2) is 0 Å². The highest BCUT2D eigenvalue weighted by Crippen LogP contribution is 2.25. The first kappa shape index (κ1) is 14.5. The molecule has 1 rings (SSSR count). The third-order valence-electron chi connectivity index (χ3n) is 3.02. The summed E-state index contributed by atoms with van der Waals surface area (Å²) in [5, 5.41) is 0. The normalized spacial score (nSPS) is 10.3. The second-order valence-corrected chi connectivity index (χ2v) is 4.54. The molecule has 0 atom stereocenters. The Morgan fingerprint density at radius 2 is 2.06 bits per heavy atom. The van der Waals surface area contributed by atoms with E-state index in [4.69, 9.17) is 10.5 Å². The van der Waals surface area contributed by atoms with Gasteiger partial charge in [0.2, 0.25) is 5.91 Å². The van der Waals surface area contributed by atoms with E-state index in [1.165, 1.54) is 5.56 Å². The molecular formula is C14H22N2O2. The van der Waals surface area contributed by atoms with Crippen LogP contribution >= 0.6 is 0 Å². The van der Waals surface area contributed by atoms with Crippen LogP contribution in [-0.2, 0) is 11.2 Å². The van der Waals surface area contributed by atoms with E-state index in [2.05, 4.69) is 19.1 Å². The van der Waals surface area contributed by atoms with E-state index in [-0.39, 0.29) is 12.5 Å². The second-order valence-electron chi connectivity index (χ2n) is 4.54. The zero-order chi connectivity index (χ0) is 13.7. The molecule has 0 aliphatic carbocycles. The van der Waals surface area contributed by atoms with Crippen molar-refractivity contribution in [3.8, 4) is 5.75 Å². The van der Waals surface area contributed by atoms with Gasteiger partial charge in [0.25, 0.3) is 0 Å². The molecule has 0 saturated carbocycles. The summed E-state index contributed by atoms with van der Waals surface area (Å²) >= 11 is 0. The van der Waals surface area contributed by atoms with Crippen LogP contribution in [0.1, 0.15) is 16.7 Å². The number of carbonyl (C=O) groups is 1. The minimum absolute atomic E-state index is 0.0432. The third-order valence-corrected chi connectivity index (χ3v) is 3.02. The number of hydrogen-bond donors (Lipinski definition) is 1. The largest absolute Gasteiger partial charge is 0.496 e. The average molecular weight is 250 g/mol. The van der Waals surface area contributed by atoms with Crippen LogP contribution in [-0.4, -0.2) is 38.1 Å². The molecule has 0 fully saturated rings. The Balaban J connectivity index is 2.81. The number of hydrogen-bond acceptors (Lipinski definition) is 3. The Kier molecular flexibility index (Phi) is 5.16. The molecular weight excluding hydrogens is 228 g/mol. The highest BCUT2D eigenvalue weighted by molar-refractivity contribution is 5.77. The van der Waals surface area contributed by atoms with Gasteiger partial charge in [0.05, 0.1) is 13.7 Å². The number of aryl methyl sites for hydroxylation is 2. The van der Waals surface area contributed by atoms with E-state index in [0.717, 1.165) is 23.3 Å². The standard InChI is InChI=1S/C14H22N2O2/c1-10-7-11(2)14(18-4)12(8-10)5-6-16(3)13(17)9-15/h7-8H,5-6,9,15H2,1-4H3. The Bertz CT molecular complexity index is 430. The van der Waals surface area contributed by atoms with Crippen molar-refractivity contribution in [2.24, 2.45) is 5.73 Å². The lowest BCUT2D eigenvalue weighted by molar-refractivity contribution is -0.128. The molecule has 18 heavy (non-hydrogen) atoms. The number of benzene rings is 1. The molecule has 4 heteroatoms. The number of carbonyl (C=O) groups excluding carboxylic acids is 1. The van der Waals surface area contributed by atoms with Crippen molar-refractivity contribution in [1.82, 2.24) is 4.90 Å². The molecule has 0 radical (unpaired) electrons. The summed E-state index contributed by atoms with van der Waals surface area (Å²) in [4.78, 5) is 13.0. The highest BCUT2D eigenvalue weighted by Gasteiger charge is 2.10. The Hall–Kier alpha value is -1.55. The molecule has 1 aromatic rings. The van der Waals surface area contributed by atoms with E-state index in [1.54, 1.807) is 19.1 Å². The van der Waals surface area contributed by atoms with Gasteiger partial charge >= 0.3 is 0 Å². The second kappa shape index (κ2) is 6.40. The number of nitrogens with two attached hydrogens (primary N) is 1. The molecule has 0 saturated heterocycles. The summed E-state index contributed by atoms with van der Waals surface area (Å²) < 4.78 is 5.42. The van der Waals surface area contributed by atoms with E-state index < -0.39 is 0 Å². The van der Waals surface area contributed by atoms with Crippen LogP contribution in [0.25, 0.3) is 0 Å². The van der Waals surface area contributed by atoms with Gasteiger partial charge in [-0.25, -0.2) is 0 Å². The highest BCUT2D eigenvalue weighted by atomic mass is 16.5. The molecule has 1 amide bonds. The van der Waals surface area contributed by atoms with Gasteiger partial charge in [-0.3, -0.25) is 4.79 Å². The van der Waals surface area contributed by atoms with Gasteiger partial charge < -0.3 is 15.4 Å². The molecule has 0 spiro atoms. The lowest BCUT2D eigenvalue weighted by Gasteiger charge is -2.18. The third kappa shape index (κ3) is 3.47. The quantitative estimate of drug-likeness (QED) is 0.856. The van der Waals surface area contributed by atoms with Crippen LogP contribution in [0.3, 0.4) is 0 Å². The Labute approximate surface area is 109 Å². The molecule has 0 aromatic heterocycles. The molecule has 0 unspecified atom stereocenters. The summed E-state index contributed by atoms with van der Waals surface area (Å²) in [6, 6.07) is 4.20. The maximum atomic E-state index is 11.4. The van der Waals surface area contributed by atoms with Crippen LogP contribution in [0.2, 0.25) is 0 Å². The van der Waals surface area contributed by atoms with Crippen LogP contribution in [0, 0.1) is 13.8 Å². The molecule has 0 aliphatic rings. The molecule has 0 bridgehead atoms. The Morgan fingerprint density at radius 3 is 2.61 bits per heavy atom. The monoisotopic (exact) mass is 250 g/mol. The fraction of sp³-hybridized carbons (Fsp3) is 0.500. The predicted octanol–water partition coefficient (Wildman–Crippen LogP) is 1.27. The minimum atomic E-state index is -0.0432. The van der Waals surface area contributed by atoms with Gasteiger partial charge in [-0.05, 0) is 31.4 Å². The van der Waals surface area contributed by atoms with Crippen LogP contribution in [0.15, 0.2) is 12.1 Å². The first-order chi connectivity index (χ1) is 8.49. The molecule has 0 aliphatic heterocycles. The topological polar surface area (TPSA) is 55.6 Å². The van der Waals surface area contributed by atoms with Crippen molar-refractivity contribution in [2.45, 2.75) is 20.3 Å². The number of nitrogens with zero attached hydrogens (tertiary/aromatic N) is 1. The SMILES string of the molecule is COc1c(C)cc(C)cc1CCN(C)C(=O)CN. The first-order valence-corrected chi connectivity index (χ1v) is 6.07. The lowest BCUT2D eigenvalue weighted by Crippen LogP contribution is -2.34. The van der Waals surface area contributed by atoms with Gasteiger partial charge in [-0.1, -0.05) is 17.7 Å². The van der Waals surface area contributed by atoms with E-state index in [0.29, 0.717) is 6.54 Å². The molecule has 2 N–H and O–H groups in total.